The van der Waals surface area contributed by atoms with Crippen molar-refractivity contribution in [2.45, 2.75) is 46.3 Å². The number of hydrogen-bond donors (Lipinski definition) is 2. The number of nitrogens with one attached hydrogen (secondary N) is 2. The van der Waals surface area contributed by atoms with E-state index in [1.165, 1.54) is 4.57 Å². The Bertz CT molecular complexity index is 1120. The molecule has 0 aliphatic rings. The molecule has 0 bridgehead atoms. The van der Waals surface area contributed by atoms with Crippen molar-refractivity contribution in [3.8, 4) is 5.75 Å². The Labute approximate surface area is 173 Å². The van der Waals surface area contributed by atoms with Crippen molar-refractivity contribution >= 4 is 22.9 Å². The Kier molecular flexibility index (Phi) is 6.56. The fourth-order valence-corrected chi connectivity index (χ4v) is 3.01. The summed E-state index contributed by atoms with van der Waals surface area (Å²) in [7, 11) is 0. The summed E-state index contributed by atoms with van der Waals surface area (Å²) < 4.78 is 12.3. The van der Waals surface area contributed by atoms with Crippen LogP contribution < -0.4 is 21.3 Å². The second-order valence-corrected chi connectivity index (χ2v) is 7.09. The van der Waals surface area contributed by atoms with E-state index in [1.54, 1.807) is 31.2 Å². The number of ether oxygens (including phenoxy) is 1. The summed E-state index contributed by atoms with van der Waals surface area (Å²) in [6.45, 7) is 5.84. The van der Waals surface area contributed by atoms with Crippen LogP contribution in [0.4, 0.5) is 0 Å². The predicted molar refractivity (Wildman–Crippen MR) is 112 cm³/mol. The molecule has 158 valence electrons. The number of fused-ring (bicyclic) bond motifs is 1. The molecule has 1 atom stereocenters. The van der Waals surface area contributed by atoms with Gasteiger partial charge in [0.05, 0.1) is 5.52 Å². The van der Waals surface area contributed by atoms with Crippen LogP contribution in [-0.2, 0) is 16.1 Å². The number of aryl methyl sites for hydroxylation is 2. The first-order chi connectivity index (χ1) is 14.4. The monoisotopic (exact) mass is 411 g/mol. The summed E-state index contributed by atoms with van der Waals surface area (Å²) in [6.07, 6.45) is -0.223. The largest absolute Gasteiger partial charge is 0.481 e. The molecule has 1 aromatic heterocycles. The van der Waals surface area contributed by atoms with Gasteiger partial charge in [-0.2, -0.15) is 0 Å². The maximum absolute atomic E-state index is 12.2. The average molecular weight is 411 g/mol. The number of hydrazine groups is 1. The number of amides is 2. The van der Waals surface area contributed by atoms with Crippen LogP contribution in [0, 0.1) is 13.8 Å². The van der Waals surface area contributed by atoms with Gasteiger partial charge < -0.3 is 9.15 Å². The summed E-state index contributed by atoms with van der Waals surface area (Å²) in [5.74, 6) is -0.645. The molecule has 2 aromatic carbocycles. The maximum atomic E-state index is 12.2. The molecule has 0 saturated heterocycles. The van der Waals surface area contributed by atoms with Gasteiger partial charge in [-0.3, -0.25) is 25.0 Å². The standard InChI is InChI=1S/C22H25N3O5/c1-14-8-6-11-18(15(14)2)29-16(3)21(27)24-23-20(26)12-7-13-25-17-9-4-5-10-19(17)30-22(25)28/h4-6,8-11,16H,7,12-13H2,1-3H3,(H,23,26)(H,24,27)/t16-/m1/s1. The van der Waals surface area contributed by atoms with Gasteiger partial charge >= 0.3 is 5.76 Å². The first kappa shape index (κ1) is 21.2. The van der Waals surface area contributed by atoms with Gasteiger partial charge in [0.15, 0.2) is 11.7 Å². The highest BCUT2D eigenvalue weighted by molar-refractivity contribution is 5.84. The van der Waals surface area contributed by atoms with Gasteiger partial charge in [-0.1, -0.05) is 24.3 Å². The Morgan fingerprint density at radius 2 is 1.87 bits per heavy atom. The van der Waals surface area contributed by atoms with E-state index in [2.05, 4.69) is 10.9 Å². The zero-order valence-electron chi connectivity index (χ0n) is 17.2. The van der Waals surface area contributed by atoms with Crippen molar-refractivity contribution in [1.29, 1.82) is 0 Å². The molecule has 3 aromatic rings. The van der Waals surface area contributed by atoms with Gasteiger partial charge in [0, 0.05) is 13.0 Å². The second-order valence-electron chi connectivity index (χ2n) is 7.09. The number of rotatable bonds is 7. The van der Waals surface area contributed by atoms with E-state index in [0.717, 1.165) is 11.1 Å². The van der Waals surface area contributed by atoms with E-state index in [0.29, 0.717) is 29.8 Å². The van der Waals surface area contributed by atoms with E-state index in [1.807, 2.05) is 32.0 Å². The molecule has 2 amide bonds. The smallest absolute Gasteiger partial charge is 0.419 e. The number of carbonyl (C=O) groups is 2. The minimum atomic E-state index is -0.776. The van der Waals surface area contributed by atoms with E-state index >= 15 is 0 Å². The molecule has 0 aliphatic carbocycles. The molecule has 8 nitrogen and oxygen atoms in total. The molecule has 3 rings (SSSR count). The first-order valence-corrected chi connectivity index (χ1v) is 9.76. The van der Waals surface area contributed by atoms with Gasteiger partial charge in [0.25, 0.3) is 5.91 Å². The van der Waals surface area contributed by atoms with Crippen LogP contribution in [0.15, 0.2) is 51.7 Å². The maximum Gasteiger partial charge on any atom is 0.419 e. The van der Waals surface area contributed by atoms with E-state index < -0.39 is 17.8 Å². The highest BCUT2D eigenvalue weighted by atomic mass is 16.5. The zero-order valence-corrected chi connectivity index (χ0v) is 17.2. The highest BCUT2D eigenvalue weighted by Gasteiger charge is 2.17. The van der Waals surface area contributed by atoms with Crippen molar-refractivity contribution in [3.63, 3.8) is 0 Å². The molecule has 0 unspecified atom stereocenters. The van der Waals surface area contributed by atoms with Crippen molar-refractivity contribution < 1.29 is 18.7 Å². The molecule has 2 N–H and O–H groups in total. The molecule has 0 aliphatic heterocycles. The summed E-state index contributed by atoms with van der Waals surface area (Å²) in [5.41, 5.74) is 7.98. The molecule has 0 spiro atoms. The van der Waals surface area contributed by atoms with E-state index in [9.17, 15) is 14.4 Å². The lowest BCUT2D eigenvalue weighted by Crippen LogP contribution is -2.47. The third-order valence-electron chi connectivity index (χ3n) is 4.91. The van der Waals surface area contributed by atoms with Crippen molar-refractivity contribution in [2.75, 3.05) is 0 Å². The minimum Gasteiger partial charge on any atom is -0.481 e. The van der Waals surface area contributed by atoms with Crippen molar-refractivity contribution in [3.05, 3.63) is 64.1 Å². The fourth-order valence-electron chi connectivity index (χ4n) is 3.01. The lowest BCUT2D eigenvalue weighted by Gasteiger charge is -2.17. The topological polar surface area (TPSA) is 103 Å². The SMILES string of the molecule is Cc1cccc(O[C@H](C)C(=O)NNC(=O)CCCn2c(=O)oc3ccccc32)c1C. The summed E-state index contributed by atoms with van der Waals surface area (Å²) >= 11 is 0. The van der Waals surface area contributed by atoms with Gasteiger partial charge in [0.1, 0.15) is 5.75 Å². The summed E-state index contributed by atoms with van der Waals surface area (Å²) in [6, 6.07) is 12.7. The summed E-state index contributed by atoms with van der Waals surface area (Å²) in [4.78, 5) is 36.1. The highest BCUT2D eigenvalue weighted by Crippen LogP contribution is 2.21. The molecule has 30 heavy (non-hydrogen) atoms. The number of carbonyl (C=O) groups excluding carboxylic acids is 2. The van der Waals surface area contributed by atoms with Crippen molar-refractivity contribution in [1.82, 2.24) is 15.4 Å². The molecule has 0 fully saturated rings. The van der Waals surface area contributed by atoms with Crippen LogP contribution in [0.2, 0.25) is 0 Å². The third-order valence-corrected chi connectivity index (χ3v) is 4.91. The van der Waals surface area contributed by atoms with Crippen LogP contribution in [0.1, 0.15) is 30.9 Å². The van der Waals surface area contributed by atoms with Crippen LogP contribution in [-0.4, -0.2) is 22.5 Å². The molecule has 0 radical (unpaired) electrons. The van der Waals surface area contributed by atoms with Crippen LogP contribution in [0.5, 0.6) is 5.75 Å². The van der Waals surface area contributed by atoms with E-state index in [4.69, 9.17) is 9.15 Å². The molecule has 0 saturated carbocycles. The number of para-hydroxylation sites is 2. The Balaban J connectivity index is 1.45. The number of hydrogen-bond acceptors (Lipinski definition) is 5. The number of benzene rings is 2. The fraction of sp³-hybridized carbons (Fsp3) is 0.318. The van der Waals surface area contributed by atoms with Gasteiger partial charge in [-0.05, 0) is 56.5 Å². The Morgan fingerprint density at radius 3 is 2.67 bits per heavy atom. The summed E-state index contributed by atoms with van der Waals surface area (Å²) in [5, 5.41) is 0. The minimum absolute atomic E-state index is 0.137. The van der Waals surface area contributed by atoms with E-state index in [-0.39, 0.29) is 12.3 Å². The second kappa shape index (κ2) is 9.30. The Hall–Kier alpha value is -3.55. The van der Waals surface area contributed by atoms with Crippen LogP contribution >= 0.6 is 0 Å². The Morgan fingerprint density at radius 1 is 1.10 bits per heavy atom. The molecule has 1 heterocycles. The normalized spacial score (nSPS) is 11.8. The van der Waals surface area contributed by atoms with Gasteiger partial charge in [-0.15, -0.1) is 0 Å². The molecule has 8 heteroatoms. The molecular weight excluding hydrogens is 386 g/mol. The van der Waals surface area contributed by atoms with Crippen LogP contribution in [0.3, 0.4) is 0 Å². The van der Waals surface area contributed by atoms with Gasteiger partial charge in [0.2, 0.25) is 5.91 Å². The predicted octanol–water partition coefficient (Wildman–Crippen LogP) is 2.61. The third kappa shape index (κ3) is 4.89. The van der Waals surface area contributed by atoms with Crippen molar-refractivity contribution in [2.24, 2.45) is 0 Å². The van der Waals surface area contributed by atoms with Gasteiger partial charge in [-0.25, -0.2) is 4.79 Å². The number of aromatic nitrogens is 1. The lowest BCUT2D eigenvalue weighted by atomic mass is 10.1. The van der Waals surface area contributed by atoms with Crippen LogP contribution in [0.25, 0.3) is 11.1 Å². The number of nitrogens with zero attached hydrogens (tertiary/aromatic N) is 1. The molecular formula is C22H25N3O5. The quantitative estimate of drug-likeness (QED) is 0.582. The lowest BCUT2D eigenvalue weighted by molar-refractivity contribution is -0.132. The zero-order chi connectivity index (χ0) is 21.7. The average Bonchev–Trinajstić information content (AvgIpc) is 3.04. The first-order valence-electron chi connectivity index (χ1n) is 9.76. The number of oxazole rings is 1.